The molecule has 0 rings (SSSR count). The highest BCUT2D eigenvalue weighted by Gasteiger charge is 2.17. The molecule has 0 saturated carbocycles. The second kappa shape index (κ2) is 28.4. The Bertz CT molecular complexity index is 484. The van der Waals surface area contributed by atoms with E-state index in [1.165, 1.54) is 51.4 Å². The number of esters is 2. The quantitative estimate of drug-likeness (QED) is 0.0836. The van der Waals surface area contributed by atoms with Crippen LogP contribution in [-0.4, -0.2) is 64.8 Å². The van der Waals surface area contributed by atoms with Crippen LogP contribution in [0.15, 0.2) is 0 Å². The summed E-state index contributed by atoms with van der Waals surface area (Å²) < 4.78 is 27.1. The number of carbonyl (C=O) groups is 2. The molecule has 36 heavy (non-hydrogen) atoms. The van der Waals surface area contributed by atoms with Gasteiger partial charge in [0.05, 0.1) is 19.8 Å². The van der Waals surface area contributed by atoms with Gasteiger partial charge in [-0.3, -0.25) is 9.59 Å². The Morgan fingerprint density at radius 3 is 1.67 bits per heavy atom. The van der Waals surface area contributed by atoms with Gasteiger partial charge < -0.3 is 23.7 Å². The lowest BCUT2D eigenvalue weighted by Gasteiger charge is -2.18. The lowest BCUT2D eigenvalue weighted by molar-refractivity contribution is -0.163. The second-order valence-corrected chi connectivity index (χ2v) is 9.57. The molecule has 0 spiro atoms. The van der Waals surface area contributed by atoms with Gasteiger partial charge in [-0.05, 0) is 19.3 Å². The number of unbranched alkanes of at least 4 members (excludes halogenated alkanes) is 12. The van der Waals surface area contributed by atoms with Crippen molar-refractivity contribution in [1.29, 1.82) is 0 Å². The van der Waals surface area contributed by atoms with Crippen molar-refractivity contribution in [1.82, 2.24) is 0 Å². The van der Waals surface area contributed by atoms with E-state index in [0.29, 0.717) is 39.3 Å². The molecule has 0 aromatic rings. The first-order chi connectivity index (χ1) is 17.6. The fourth-order valence-electron chi connectivity index (χ4n) is 3.81. The van der Waals surface area contributed by atoms with Gasteiger partial charge in [0.2, 0.25) is 0 Å². The van der Waals surface area contributed by atoms with Crippen molar-refractivity contribution in [2.75, 3.05) is 46.8 Å². The summed E-state index contributed by atoms with van der Waals surface area (Å²) in [5.74, 6) is -0.491. The predicted molar refractivity (Wildman–Crippen MR) is 144 cm³/mol. The molecule has 7 nitrogen and oxygen atoms in total. The van der Waals surface area contributed by atoms with E-state index in [1.807, 2.05) is 0 Å². The summed E-state index contributed by atoms with van der Waals surface area (Å²) in [4.78, 5) is 24.5. The third-order valence-corrected chi connectivity index (χ3v) is 6.01. The zero-order chi connectivity index (χ0) is 26.5. The number of methoxy groups -OCH3 is 1. The van der Waals surface area contributed by atoms with Gasteiger partial charge >= 0.3 is 11.9 Å². The first kappa shape index (κ1) is 34.8. The van der Waals surface area contributed by atoms with Crippen molar-refractivity contribution >= 4 is 11.9 Å². The average molecular weight is 517 g/mol. The van der Waals surface area contributed by atoms with Gasteiger partial charge in [-0.2, -0.15) is 0 Å². The predicted octanol–water partition coefficient (Wildman–Crippen LogP) is 6.79. The molecule has 0 heterocycles. The zero-order valence-electron chi connectivity index (χ0n) is 23.7. The third-order valence-electron chi connectivity index (χ3n) is 6.01. The molecular weight excluding hydrogens is 460 g/mol. The first-order valence-electron chi connectivity index (χ1n) is 14.6. The van der Waals surface area contributed by atoms with E-state index in [2.05, 4.69) is 13.8 Å². The lowest BCUT2D eigenvalue weighted by Crippen LogP contribution is -2.30. The summed E-state index contributed by atoms with van der Waals surface area (Å²) in [5, 5.41) is 0. The van der Waals surface area contributed by atoms with E-state index in [0.717, 1.165) is 44.9 Å². The molecule has 214 valence electrons. The molecule has 0 aromatic carbocycles. The number of hydrogen-bond donors (Lipinski definition) is 0. The van der Waals surface area contributed by atoms with Crippen molar-refractivity contribution in [3.8, 4) is 0 Å². The zero-order valence-corrected chi connectivity index (χ0v) is 23.7. The summed E-state index contributed by atoms with van der Waals surface area (Å²) >= 11 is 0. The number of hydrogen-bond acceptors (Lipinski definition) is 7. The minimum atomic E-state index is -0.589. The Morgan fingerprint density at radius 2 is 1.08 bits per heavy atom. The Balaban J connectivity index is 4.19. The van der Waals surface area contributed by atoms with Crippen LogP contribution in [0, 0.1) is 0 Å². The standard InChI is InChI=1S/C29H56O7/c1-4-6-8-10-12-14-16-19-28(30)35-26-27(25-34-24-23-33-22-18-21-32-3)36-29(31)20-17-15-13-11-9-7-5-2/h27H,4-26H2,1-3H3. The van der Waals surface area contributed by atoms with Crippen LogP contribution in [0.1, 0.15) is 123 Å². The van der Waals surface area contributed by atoms with Crippen LogP contribution >= 0.6 is 0 Å². The molecule has 0 aromatic heterocycles. The van der Waals surface area contributed by atoms with Gasteiger partial charge in [-0.1, -0.05) is 90.9 Å². The highest BCUT2D eigenvalue weighted by Crippen LogP contribution is 2.11. The van der Waals surface area contributed by atoms with Crippen molar-refractivity contribution in [2.24, 2.45) is 0 Å². The minimum Gasteiger partial charge on any atom is -0.462 e. The Kier molecular flexibility index (Phi) is 27.5. The molecule has 1 atom stereocenters. The van der Waals surface area contributed by atoms with E-state index < -0.39 is 6.10 Å². The van der Waals surface area contributed by atoms with Gasteiger partial charge in [0.15, 0.2) is 6.10 Å². The van der Waals surface area contributed by atoms with E-state index in [-0.39, 0.29) is 25.2 Å². The maximum atomic E-state index is 12.3. The first-order valence-corrected chi connectivity index (χ1v) is 14.6. The highest BCUT2D eigenvalue weighted by atomic mass is 16.6. The summed E-state index contributed by atoms with van der Waals surface area (Å²) in [6, 6.07) is 0. The van der Waals surface area contributed by atoms with E-state index in [1.54, 1.807) is 7.11 Å². The SMILES string of the molecule is CCCCCCCCCC(=O)OCC(COCCOCCCOC)OC(=O)CCCCCCCCC. The normalized spacial score (nSPS) is 12.0. The van der Waals surface area contributed by atoms with Gasteiger partial charge in [0.1, 0.15) is 6.61 Å². The van der Waals surface area contributed by atoms with Crippen LogP contribution in [0.5, 0.6) is 0 Å². The highest BCUT2D eigenvalue weighted by molar-refractivity contribution is 5.70. The van der Waals surface area contributed by atoms with Crippen LogP contribution in [0.4, 0.5) is 0 Å². The van der Waals surface area contributed by atoms with Crippen LogP contribution in [0.25, 0.3) is 0 Å². The summed E-state index contributed by atoms with van der Waals surface area (Å²) in [6.45, 7) is 6.78. The topological polar surface area (TPSA) is 80.3 Å². The van der Waals surface area contributed by atoms with E-state index in [9.17, 15) is 9.59 Å². The number of ether oxygens (including phenoxy) is 5. The van der Waals surface area contributed by atoms with Crippen LogP contribution in [-0.2, 0) is 33.3 Å². The molecule has 0 aliphatic heterocycles. The van der Waals surface area contributed by atoms with Crippen LogP contribution < -0.4 is 0 Å². The van der Waals surface area contributed by atoms with Crippen LogP contribution in [0.3, 0.4) is 0 Å². The van der Waals surface area contributed by atoms with Gasteiger partial charge in [-0.15, -0.1) is 0 Å². The molecule has 0 N–H and O–H groups in total. The monoisotopic (exact) mass is 516 g/mol. The molecule has 1 unspecified atom stereocenters. The fraction of sp³-hybridized carbons (Fsp3) is 0.931. The van der Waals surface area contributed by atoms with Crippen molar-refractivity contribution in [3.63, 3.8) is 0 Å². The van der Waals surface area contributed by atoms with Gasteiger partial charge in [0.25, 0.3) is 0 Å². The fourth-order valence-corrected chi connectivity index (χ4v) is 3.81. The Hall–Kier alpha value is -1.18. The molecule has 0 aliphatic carbocycles. The third kappa shape index (κ3) is 25.9. The maximum Gasteiger partial charge on any atom is 0.306 e. The van der Waals surface area contributed by atoms with Gasteiger partial charge in [-0.25, -0.2) is 0 Å². The Labute approximate surface area is 221 Å². The molecule has 0 bridgehead atoms. The molecule has 0 saturated heterocycles. The number of rotatable bonds is 28. The Morgan fingerprint density at radius 1 is 0.556 bits per heavy atom. The molecule has 0 fully saturated rings. The second-order valence-electron chi connectivity index (χ2n) is 9.57. The summed E-state index contributed by atoms with van der Waals surface area (Å²) in [5.41, 5.74) is 0. The molecule has 0 amide bonds. The largest absolute Gasteiger partial charge is 0.462 e. The molecular formula is C29H56O7. The smallest absolute Gasteiger partial charge is 0.306 e. The molecule has 0 aliphatic rings. The average Bonchev–Trinajstić information content (AvgIpc) is 2.87. The van der Waals surface area contributed by atoms with Crippen molar-refractivity contribution < 1.29 is 33.3 Å². The van der Waals surface area contributed by atoms with Crippen molar-refractivity contribution in [2.45, 2.75) is 129 Å². The maximum absolute atomic E-state index is 12.3. The van der Waals surface area contributed by atoms with Crippen LogP contribution in [0.2, 0.25) is 0 Å². The van der Waals surface area contributed by atoms with E-state index in [4.69, 9.17) is 23.7 Å². The summed E-state index contributed by atoms with van der Waals surface area (Å²) in [6.07, 6.45) is 17.1. The lowest BCUT2D eigenvalue weighted by atomic mass is 10.1. The minimum absolute atomic E-state index is 0.0345. The van der Waals surface area contributed by atoms with Gasteiger partial charge in [0, 0.05) is 33.2 Å². The van der Waals surface area contributed by atoms with Crippen molar-refractivity contribution in [3.05, 3.63) is 0 Å². The number of carbonyl (C=O) groups excluding carboxylic acids is 2. The summed E-state index contributed by atoms with van der Waals surface area (Å²) in [7, 11) is 1.67. The molecule has 7 heteroatoms. The van der Waals surface area contributed by atoms with E-state index >= 15 is 0 Å². The molecule has 0 radical (unpaired) electrons.